The highest BCUT2D eigenvalue weighted by atomic mass is 35.5. The summed E-state index contributed by atoms with van der Waals surface area (Å²) in [4.78, 5) is 12.3. The van der Waals surface area contributed by atoms with Gasteiger partial charge in [0.2, 0.25) is 5.91 Å². The van der Waals surface area contributed by atoms with Crippen LogP contribution in [-0.2, 0) is 11.2 Å². The fourth-order valence-corrected chi connectivity index (χ4v) is 3.62. The summed E-state index contributed by atoms with van der Waals surface area (Å²) in [6.07, 6.45) is 3.74. The maximum atomic E-state index is 12.3. The first-order chi connectivity index (χ1) is 12.0. The number of carbonyl (C=O) groups excluding carboxylic acids is 1. The summed E-state index contributed by atoms with van der Waals surface area (Å²) in [5.74, 6) is 2.69. The second kappa shape index (κ2) is 11.3. The summed E-state index contributed by atoms with van der Waals surface area (Å²) in [7, 11) is 3.26. The Kier molecular flexibility index (Phi) is 9.81. The van der Waals surface area contributed by atoms with Crippen molar-refractivity contribution in [3.63, 3.8) is 0 Å². The molecule has 0 bridgehead atoms. The second-order valence-electron chi connectivity index (χ2n) is 7.13. The highest BCUT2D eigenvalue weighted by molar-refractivity contribution is 5.85. The molecule has 1 aromatic carbocycles. The van der Waals surface area contributed by atoms with Crippen LogP contribution in [0.2, 0.25) is 0 Å². The predicted molar refractivity (Wildman–Crippen MR) is 107 cm³/mol. The molecular weight excluding hydrogens is 352 g/mol. The molecule has 2 unspecified atom stereocenters. The van der Waals surface area contributed by atoms with E-state index >= 15 is 0 Å². The van der Waals surface area contributed by atoms with Crippen LogP contribution >= 0.6 is 12.4 Å². The van der Waals surface area contributed by atoms with Crippen molar-refractivity contribution in [3.8, 4) is 11.5 Å². The summed E-state index contributed by atoms with van der Waals surface area (Å²) in [5.41, 5.74) is 1.12. The van der Waals surface area contributed by atoms with Gasteiger partial charge in [-0.3, -0.25) is 4.79 Å². The summed E-state index contributed by atoms with van der Waals surface area (Å²) < 4.78 is 10.6. The van der Waals surface area contributed by atoms with Gasteiger partial charge in [0, 0.05) is 12.5 Å². The number of amides is 1. The van der Waals surface area contributed by atoms with E-state index in [1.165, 1.54) is 12.8 Å². The third kappa shape index (κ3) is 6.69. The van der Waals surface area contributed by atoms with E-state index in [0.717, 1.165) is 36.6 Å². The van der Waals surface area contributed by atoms with Gasteiger partial charge in [-0.25, -0.2) is 0 Å². The Morgan fingerprint density at radius 3 is 2.46 bits per heavy atom. The molecular formula is C20H33ClN2O3. The molecule has 1 saturated heterocycles. The topological polar surface area (TPSA) is 59.6 Å². The lowest BCUT2D eigenvalue weighted by molar-refractivity contribution is -0.122. The largest absolute Gasteiger partial charge is 0.493 e. The van der Waals surface area contributed by atoms with Crippen molar-refractivity contribution in [1.82, 2.24) is 10.6 Å². The maximum absolute atomic E-state index is 12.3. The Hall–Kier alpha value is -1.46. The maximum Gasteiger partial charge on any atom is 0.220 e. The summed E-state index contributed by atoms with van der Waals surface area (Å²) in [6, 6.07) is 5.98. The van der Waals surface area contributed by atoms with Gasteiger partial charge in [-0.2, -0.15) is 0 Å². The molecule has 2 rings (SSSR count). The van der Waals surface area contributed by atoms with Crippen LogP contribution < -0.4 is 20.1 Å². The molecule has 2 atom stereocenters. The first kappa shape index (κ1) is 22.6. The molecule has 1 aliphatic heterocycles. The fourth-order valence-electron chi connectivity index (χ4n) is 3.62. The van der Waals surface area contributed by atoms with Gasteiger partial charge in [0.1, 0.15) is 0 Å². The van der Waals surface area contributed by atoms with Crippen LogP contribution in [0.5, 0.6) is 11.5 Å². The van der Waals surface area contributed by atoms with E-state index in [9.17, 15) is 4.79 Å². The van der Waals surface area contributed by atoms with E-state index in [0.29, 0.717) is 18.3 Å². The molecule has 1 aromatic rings. The van der Waals surface area contributed by atoms with Crippen molar-refractivity contribution in [2.24, 2.45) is 11.8 Å². The standard InChI is InChI=1S/C20H32N2O3.ClH/c1-14(17-7-9-21-10-8-17)11-20(23)22-15(2)12-16-5-6-18(24-3)19(13-16)25-4;/h5-6,13-15,17,21H,7-12H2,1-4H3,(H,22,23);1H. The highest BCUT2D eigenvalue weighted by Crippen LogP contribution is 2.28. The minimum atomic E-state index is 0. The zero-order valence-corrected chi connectivity index (χ0v) is 17.2. The molecule has 0 spiro atoms. The van der Waals surface area contributed by atoms with Crippen molar-refractivity contribution in [2.45, 2.75) is 45.6 Å². The summed E-state index contributed by atoms with van der Waals surface area (Å²) >= 11 is 0. The van der Waals surface area contributed by atoms with Crippen molar-refractivity contribution in [1.29, 1.82) is 0 Å². The molecule has 1 fully saturated rings. The third-order valence-corrected chi connectivity index (χ3v) is 5.09. The van der Waals surface area contributed by atoms with E-state index in [4.69, 9.17) is 9.47 Å². The number of carbonyl (C=O) groups is 1. The molecule has 0 saturated carbocycles. The Morgan fingerprint density at radius 1 is 1.19 bits per heavy atom. The van der Waals surface area contributed by atoms with Crippen LogP contribution in [0.15, 0.2) is 18.2 Å². The molecule has 0 aromatic heterocycles. The molecule has 1 amide bonds. The number of nitrogens with one attached hydrogen (secondary N) is 2. The molecule has 5 nitrogen and oxygen atoms in total. The van der Waals surface area contributed by atoms with E-state index in [-0.39, 0.29) is 24.4 Å². The number of hydrogen-bond donors (Lipinski definition) is 2. The van der Waals surface area contributed by atoms with Gasteiger partial charge in [-0.15, -0.1) is 12.4 Å². The van der Waals surface area contributed by atoms with E-state index in [1.807, 2.05) is 25.1 Å². The number of methoxy groups -OCH3 is 2. The first-order valence-corrected chi connectivity index (χ1v) is 9.24. The Bertz CT molecular complexity index is 562. The van der Waals surface area contributed by atoms with E-state index in [1.54, 1.807) is 14.2 Å². The number of rotatable bonds is 8. The average molecular weight is 385 g/mol. The van der Waals surface area contributed by atoms with E-state index in [2.05, 4.69) is 17.6 Å². The van der Waals surface area contributed by atoms with Gasteiger partial charge in [0.15, 0.2) is 11.5 Å². The van der Waals surface area contributed by atoms with Gasteiger partial charge in [0.25, 0.3) is 0 Å². The summed E-state index contributed by atoms with van der Waals surface area (Å²) in [5, 5.41) is 6.52. The van der Waals surface area contributed by atoms with Crippen LogP contribution in [0.25, 0.3) is 0 Å². The molecule has 1 aliphatic rings. The number of benzene rings is 1. The van der Waals surface area contributed by atoms with Crippen LogP contribution in [0.4, 0.5) is 0 Å². The Balaban J connectivity index is 0.00000338. The molecule has 1 heterocycles. The van der Waals surface area contributed by atoms with Gasteiger partial charge < -0.3 is 20.1 Å². The molecule has 148 valence electrons. The molecule has 6 heteroatoms. The zero-order chi connectivity index (χ0) is 18.2. The quantitative estimate of drug-likeness (QED) is 0.722. The molecule has 26 heavy (non-hydrogen) atoms. The van der Waals surface area contributed by atoms with Crippen LogP contribution in [0, 0.1) is 11.8 Å². The number of ether oxygens (including phenoxy) is 2. The molecule has 0 aliphatic carbocycles. The highest BCUT2D eigenvalue weighted by Gasteiger charge is 2.22. The van der Waals surface area contributed by atoms with Gasteiger partial charge in [0.05, 0.1) is 14.2 Å². The van der Waals surface area contributed by atoms with Gasteiger partial charge in [-0.1, -0.05) is 13.0 Å². The SMILES string of the molecule is COc1ccc(CC(C)NC(=O)CC(C)C2CCNCC2)cc1OC.Cl. The van der Waals surface area contributed by atoms with Crippen molar-refractivity contribution >= 4 is 18.3 Å². The number of halogens is 1. The van der Waals surface area contributed by atoms with Crippen molar-refractivity contribution < 1.29 is 14.3 Å². The third-order valence-electron chi connectivity index (χ3n) is 5.09. The predicted octanol–water partition coefficient (Wildman–Crippen LogP) is 3.20. The lowest BCUT2D eigenvalue weighted by Gasteiger charge is -2.28. The van der Waals surface area contributed by atoms with Crippen LogP contribution in [0.3, 0.4) is 0 Å². The van der Waals surface area contributed by atoms with Crippen LogP contribution in [-0.4, -0.2) is 39.3 Å². The first-order valence-electron chi connectivity index (χ1n) is 9.24. The lowest BCUT2D eigenvalue weighted by atomic mass is 9.84. The van der Waals surface area contributed by atoms with E-state index < -0.39 is 0 Å². The lowest BCUT2D eigenvalue weighted by Crippen LogP contribution is -2.37. The minimum Gasteiger partial charge on any atom is -0.493 e. The Labute approximate surface area is 163 Å². The summed E-state index contributed by atoms with van der Waals surface area (Å²) in [6.45, 7) is 6.40. The fraction of sp³-hybridized carbons (Fsp3) is 0.650. The zero-order valence-electron chi connectivity index (χ0n) is 16.3. The van der Waals surface area contributed by atoms with Crippen LogP contribution in [0.1, 0.15) is 38.7 Å². The number of hydrogen-bond acceptors (Lipinski definition) is 4. The van der Waals surface area contributed by atoms with Gasteiger partial charge in [-0.05, 0) is 68.8 Å². The minimum absolute atomic E-state index is 0. The normalized spacial score (nSPS) is 16.9. The monoisotopic (exact) mass is 384 g/mol. The van der Waals surface area contributed by atoms with Crippen molar-refractivity contribution in [3.05, 3.63) is 23.8 Å². The second-order valence-corrected chi connectivity index (χ2v) is 7.13. The Morgan fingerprint density at radius 2 is 1.85 bits per heavy atom. The van der Waals surface area contributed by atoms with Gasteiger partial charge >= 0.3 is 0 Å². The smallest absolute Gasteiger partial charge is 0.220 e. The molecule has 0 radical (unpaired) electrons. The number of piperidine rings is 1. The molecule has 2 N–H and O–H groups in total. The average Bonchev–Trinajstić information content (AvgIpc) is 2.62. The van der Waals surface area contributed by atoms with Crippen molar-refractivity contribution in [2.75, 3.05) is 27.3 Å².